The number of ether oxygens (including phenoxy) is 1. The predicted molar refractivity (Wildman–Crippen MR) is 144 cm³/mol. The second kappa shape index (κ2) is 13.6. The molecule has 1 heterocycles. The maximum atomic E-state index is 12.8. The number of alkyl carbamates (subject to hydrolysis) is 1. The normalized spacial score (nSPS) is 13.7. The number of benzene rings is 2. The quantitative estimate of drug-likeness (QED) is 0.359. The molecule has 2 amide bonds. The van der Waals surface area contributed by atoms with Crippen molar-refractivity contribution < 1.29 is 19.4 Å². The van der Waals surface area contributed by atoms with Gasteiger partial charge in [0.15, 0.2) is 0 Å². The van der Waals surface area contributed by atoms with E-state index in [9.17, 15) is 14.7 Å². The van der Waals surface area contributed by atoms with Crippen LogP contribution < -0.4 is 10.6 Å². The number of hydrogen-bond donors (Lipinski definition) is 3. The maximum Gasteiger partial charge on any atom is 0.407 e. The second-order valence-corrected chi connectivity index (χ2v) is 10.3. The van der Waals surface area contributed by atoms with Crippen molar-refractivity contribution in [1.29, 1.82) is 0 Å². The van der Waals surface area contributed by atoms with Crippen molar-refractivity contribution in [2.45, 2.75) is 64.8 Å². The van der Waals surface area contributed by atoms with E-state index in [1.807, 2.05) is 87.5 Å². The number of carbonyl (C=O) groups excluding carboxylic acids is 2. The van der Waals surface area contributed by atoms with Crippen LogP contribution in [-0.4, -0.2) is 40.3 Å². The summed E-state index contributed by atoms with van der Waals surface area (Å²) >= 11 is 0. The highest BCUT2D eigenvalue weighted by molar-refractivity contribution is 5.81. The van der Waals surface area contributed by atoms with E-state index in [4.69, 9.17) is 4.74 Å². The van der Waals surface area contributed by atoms with Gasteiger partial charge in [0.1, 0.15) is 6.61 Å². The molecule has 7 heteroatoms. The first kappa shape index (κ1) is 27.9. The third-order valence-corrected chi connectivity index (χ3v) is 6.03. The maximum absolute atomic E-state index is 12.8. The first-order valence-electron chi connectivity index (χ1n) is 12.6. The molecule has 3 aromatic rings. The van der Waals surface area contributed by atoms with Crippen LogP contribution in [0.15, 0.2) is 85.2 Å². The van der Waals surface area contributed by atoms with E-state index in [2.05, 4.69) is 15.6 Å². The summed E-state index contributed by atoms with van der Waals surface area (Å²) in [7, 11) is 0. The molecule has 0 saturated carbocycles. The second-order valence-electron chi connectivity index (χ2n) is 10.3. The van der Waals surface area contributed by atoms with Crippen molar-refractivity contribution in [2.75, 3.05) is 0 Å². The highest BCUT2D eigenvalue weighted by Gasteiger charge is 2.30. The molecule has 0 spiro atoms. The first-order valence-corrected chi connectivity index (χ1v) is 12.6. The molecule has 0 saturated heterocycles. The number of pyridine rings is 1. The molecule has 3 N–H and O–H groups in total. The topological polar surface area (TPSA) is 101 Å². The average molecular weight is 504 g/mol. The number of aliphatic hydroxyl groups is 1. The van der Waals surface area contributed by atoms with Crippen molar-refractivity contribution in [2.24, 2.45) is 5.41 Å². The molecular weight excluding hydrogens is 466 g/mol. The fourth-order valence-electron chi connectivity index (χ4n) is 3.92. The number of rotatable bonds is 11. The number of aliphatic hydroxyl groups excluding tert-OH is 1. The number of aromatic nitrogens is 1. The van der Waals surface area contributed by atoms with Crippen molar-refractivity contribution >= 4 is 12.0 Å². The Labute approximate surface area is 219 Å². The zero-order chi connectivity index (χ0) is 26.7. The molecule has 0 aliphatic heterocycles. The Morgan fingerprint density at radius 2 is 1.46 bits per heavy atom. The van der Waals surface area contributed by atoms with E-state index in [1.165, 1.54) is 0 Å². The van der Waals surface area contributed by atoms with Crippen molar-refractivity contribution in [3.63, 3.8) is 0 Å². The Kier molecular flexibility index (Phi) is 10.2. The van der Waals surface area contributed by atoms with E-state index in [0.717, 1.165) is 16.7 Å². The smallest absolute Gasteiger partial charge is 0.407 e. The van der Waals surface area contributed by atoms with Gasteiger partial charge in [0.2, 0.25) is 5.91 Å². The van der Waals surface area contributed by atoms with E-state index >= 15 is 0 Å². The SMILES string of the molecule is CC(C)(C)C(=O)N[C@@H](Cc1ccccc1)[C@@H](O)C[C@H](Cc1ccccc1)NC(=O)OCc1cccnc1. The molecule has 0 aliphatic rings. The van der Waals surface area contributed by atoms with Gasteiger partial charge in [0.05, 0.1) is 12.1 Å². The van der Waals surface area contributed by atoms with Gasteiger partial charge in [0.25, 0.3) is 0 Å². The average Bonchev–Trinajstić information content (AvgIpc) is 2.88. The minimum absolute atomic E-state index is 0.0958. The molecule has 0 fully saturated rings. The molecule has 0 radical (unpaired) electrons. The molecule has 0 aliphatic carbocycles. The predicted octanol–water partition coefficient (Wildman–Crippen LogP) is 4.44. The van der Waals surface area contributed by atoms with Gasteiger partial charge in [-0.25, -0.2) is 4.79 Å². The third kappa shape index (κ3) is 9.69. The number of carbonyl (C=O) groups is 2. The van der Waals surface area contributed by atoms with Crippen molar-refractivity contribution in [3.8, 4) is 0 Å². The number of hydrogen-bond acceptors (Lipinski definition) is 5. The summed E-state index contributed by atoms with van der Waals surface area (Å²) in [5, 5.41) is 17.3. The lowest BCUT2D eigenvalue weighted by Crippen LogP contribution is -2.51. The Morgan fingerprint density at radius 1 is 0.865 bits per heavy atom. The van der Waals surface area contributed by atoms with Crippen molar-refractivity contribution in [1.82, 2.24) is 15.6 Å². The van der Waals surface area contributed by atoms with Crippen molar-refractivity contribution in [3.05, 3.63) is 102 Å². The molecule has 0 bridgehead atoms. The first-order chi connectivity index (χ1) is 17.7. The molecule has 2 aromatic carbocycles. The summed E-state index contributed by atoms with van der Waals surface area (Å²) < 4.78 is 5.40. The summed E-state index contributed by atoms with van der Waals surface area (Å²) in [5.41, 5.74) is 2.20. The van der Waals surface area contributed by atoms with Crippen LogP contribution in [0.5, 0.6) is 0 Å². The summed E-state index contributed by atoms with van der Waals surface area (Å²) in [6.45, 7) is 5.61. The largest absolute Gasteiger partial charge is 0.445 e. The molecule has 37 heavy (non-hydrogen) atoms. The highest BCUT2D eigenvalue weighted by atomic mass is 16.5. The lowest BCUT2D eigenvalue weighted by Gasteiger charge is -2.30. The molecular formula is C30H37N3O4. The third-order valence-electron chi connectivity index (χ3n) is 6.03. The number of amides is 2. The van der Waals surface area contributed by atoms with Gasteiger partial charge in [-0.3, -0.25) is 9.78 Å². The summed E-state index contributed by atoms with van der Waals surface area (Å²) in [6.07, 6.45) is 3.03. The lowest BCUT2D eigenvalue weighted by molar-refractivity contribution is -0.130. The molecule has 0 unspecified atom stereocenters. The van der Waals surface area contributed by atoms with Gasteiger partial charge >= 0.3 is 6.09 Å². The molecule has 3 atom stereocenters. The minimum atomic E-state index is -0.904. The summed E-state index contributed by atoms with van der Waals surface area (Å²) in [6, 6.07) is 22.2. The fourth-order valence-corrected chi connectivity index (χ4v) is 3.92. The van der Waals surface area contributed by atoms with Crippen LogP contribution in [0.4, 0.5) is 4.79 Å². The lowest BCUT2D eigenvalue weighted by atomic mass is 9.91. The molecule has 7 nitrogen and oxygen atoms in total. The fraction of sp³-hybridized carbons (Fsp3) is 0.367. The van der Waals surface area contributed by atoms with Crippen LogP contribution in [0.3, 0.4) is 0 Å². The van der Waals surface area contributed by atoms with Crippen LogP contribution in [0.25, 0.3) is 0 Å². The zero-order valence-corrected chi connectivity index (χ0v) is 21.8. The zero-order valence-electron chi connectivity index (χ0n) is 21.8. The van der Waals surface area contributed by atoms with E-state index in [0.29, 0.717) is 12.8 Å². The van der Waals surface area contributed by atoms with Gasteiger partial charge in [0, 0.05) is 29.4 Å². The molecule has 1 aromatic heterocycles. The van der Waals surface area contributed by atoms with E-state index in [1.54, 1.807) is 18.5 Å². The monoisotopic (exact) mass is 503 g/mol. The van der Waals surface area contributed by atoms with Crippen LogP contribution >= 0.6 is 0 Å². The van der Waals surface area contributed by atoms with Crippen LogP contribution in [0.1, 0.15) is 43.9 Å². The number of nitrogens with zero attached hydrogens (tertiary/aromatic N) is 1. The van der Waals surface area contributed by atoms with Crippen LogP contribution in [0, 0.1) is 5.41 Å². The summed E-state index contributed by atoms with van der Waals surface area (Å²) in [5.74, 6) is -0.143. The molecule has 196 valence electrons. The number of nitrogens with one attached hydrogen (secondary N) is 2. The van der Waals surface area contributed by atoms with Gasteiger partial charge in [-0.05, 0) is 36.5 Å². The Morgan fingerprint density at radius 3 is 2.03 bits per heavy atom. The van der Waals surface area contributed by atoms with Crippen LogP contribution in [-0.2, 0) is 29.0 Å². The van der Waals surface area contributed by atoms with Gasteiger partial charge in [-0.1, -0.05) is 87.5 Å². The van der Waals surface area contributed by atoms with Gasteiger partial charge < -0.3 is 20.5 Å². The minimum Gasteiger partial charge on any atom is -0.445 e. The summed E-state index contributed by atoms with van der Waals surface area (Å²) in [4.78, 5) is 29.5. The standard InChI is InChI=1S/C30H37N3O4/c1-30(2,3)28(35)33-26(18-23-13-8-5-9-14-23)27(34)19-25(17-22-11-6-4-7-12-22)32-29(36)37-21-24-15-10-16-31-20-24/h4-16,20,25-27,34H,17-19,21H2,1-3H3,(H,32,36)(H,33,35)/t25-,26-,27-/m0/s1. The Bertz CT molecular complexity index is 1100. The van der Waals surface area contributed by atoms with E-state index in [-0.39, 0.29) is 18.9 Å². The van der Waals surface area contributed by atoms with Crippen LogP contribution in [0.2, 0.25) is 0 Å². The Hall–Kier alpha value is -3.71. The Balaban J connectivity index is 1.73. The highest BCUT2D eigenvalue weighted by Crippen LogP contribution is 2.18. The van der Waals surface area contributed by atoms with Gasteiger partial charge in [-0.15, -0.1) is 0 Å². The van der Waals surface area contributed by atoms with Gasteiger partial charge in [-0.2, -0.15) is 0 Å². The molecule has 3 rings (SSSR count). The van der Waals surface area contributed by atoms with E-state index < -0.39 is 29.7 Å².